The lowest BCUT2D eigenvalue weighted by molar-refractivity contribution is -0.111. The van der Waals surface area contributed by atoms with Gasteiger partial charge in [-0.15, -0.1) is 0 Å². The molecule has 8 heteroatoms. The molecule has 0 unspecified atom stereocenters. The summed E-state index contributed by atoms with van der Waals surface area (Å²) in [5.41, 5.74) is 3.77. The van der Waals surface area contributed by atoms with Crippen LogP contribution in [0.1, 0.15) is 17.0 Å². The summed E-state index contributed by atoms with van der Waals surface area (Å²) in [6.45, 7) is 0.889. The van der Waals surface area contributed by atoms with Crippen LogP contribution in [0, 0.1) is 13.8 Å². The Morgan fingerprint density at radius 3 is 2.57 bits per heavy atom. The first-order valence-electron chi connectivity index (χ1n) is 9.12. The molecule has 0 aliphatic carbocycles. The standard InChI is InChI=1S/C22H21F2N3O3/c1-14-12-15(2)27(26-14)18-7-5-4-6-17(18)25-21(28)11-9-16-8-10-19(30-22(23)24)20(13-16)29-3/h4-13,22H,1-3H3,(H,25,28)/b11-9+. The minimum absolute atomic E-state index is 0.0760. The molecule has 156 valence electrons. The van der Waals surface area contributed by atoms with E-state index in [0.29, 0.717) is 11.3 Å². The van der Waals surface area contributed by atoms with Gasteiger partial charge in [-0.3, -0.25) is 4.79 Å². The number of hydrogen-bond donors (Lipinski definition) is 1. The van der Waals surface area contributed by atoms with Crippen LogP contribution in [-0.4, -0.2) is 29.4 Å². The van der Waals surface area contributed by atoms with Gasteiger partial charge in [0.1, 0.15) is 0 Å². The Morgan fingerprint density at radius 2 is 1.90 bits per heavy atom. The molecule has 0 saturated carbocycles. The van der Waals surface area contributed by atoms with Gasteiger partial charge < -0.3 is 14.8 Å². The Hall–Kier alpha value is -3.68. The van der Waals surface area contributed by atoms with Crippen molar-refractivity contribution in [3.05, 3.63) is 71.6 Å². The van der Waals surface area contributed by atoms with Gasteiger partial charge in [0, 0.05) is 11.8 Å². The minimum Gasteiger partial charge on any atom is -0.493 e. The molecule has 0 aliphatic rings. The Morgan fingerprint density at radius 1 is 1.13 bits per heavy atom. The van der Waals surface area contributed by atoms with Crippen LogP contribution in [0.15, 0.2) is 54.6 Å². The number of nitrogens with one attached hydrogen (secondary N) is 1. The van der Waals surface area contributed by atoms with Crippen molar-refractivity contribution in [2.45, 2.75) is 20.5 Å². The summed E-state index contributed by atoms with van der Waals surface area (Å²) in [5.74, 6) is -0.281. The number of hydrogen-bond acceptors (Lipinski definition) is 4. The van der Waals surface area contributed by atoms with E-state index in [4.69, 9.17) is 4.74 Å². The molecule has 0 bridgehead atoms. The molecule has 3 rings (SSSR count). The Kier molecular flexibility index (Phi) is 6.46. The maximum Gasteiger partial charge on any atom is 0.387 e. The summed E-state index contributed by atoms with van der Waals surface area (Å²) in [4.78, 5) is 12.4. The molecule has 0 aliphatic heterocycles. The average molecular weight is 413 g/mol. The van der Waals surface area contributed by atoms with E-state index in [-0.39, 0.29) is 17.4 Å². The summed E-state index contributed by atoms with van der Waals surface area (Å²) in [7, 11) is 1.35. The van der Waals surface area contributed by atoms with Crippen LogP contribution in [0.4, 0.5) is 14.5 Å². The Bertz CT molecular complexity index is 1080. The van der Waals surface area contributed by atoms with Crippen LogP contribution < -0.4 is 14.8 Å². The minimum atomic E-state index is -2.95. The molecule has 1 heterocycles. The number of rotatable bonds is 7. The number of benzene rings is 2. The third kappa shape index (κ3) is 5.02. The first-order valence-corrected chi connectivity index (χ1v) is 9.12. The first-order chi connectivity index (χ1) is 14.4. The van der Waals surface area contributed by atoms with E-state index >= 15 is 0 Å². The first kappa shape index (κ1) is 21.0. The van der Waals surface area contributed by atoms with Crippen LogP contribution >= 0.6 is 0 Å². The molecule has 2 aromatic carbocycles. The lowest BCUT2D eigenvalue weighted by Gasteiger charge is -2.11. The summed E-state index contributed by atoms with van der Waals surface area (Å²) >= 11 is 0. The van der Waals surface area contributed by atoms with Crippen LogP contribution in [0.5, 0.6) is 11.5 Å². The van der Waals surface area contributed by atoms with Gasteiger partial charge in [0.25, 0.3) is 0 Å². The lowest BCUT2D eigenvalue weighted by Crippen LogP contribution is -2.11. The zero-order valence-electron chi connectivity index (χ0n) is 16.7. The van der Waals surface area contributed by atoms with Crippen LogP contribution in [0.25, 0.3) is 11.8 Å². The summed E-state index contributed by atoms with van der Waals surface area (Å²) in [5, 5.41) is 7.30. The smallest absolute Gasteiger partial charge is 0.387 e. The monoisotopic (exact) mass is 413 g/mol. The van der Waals surface area contributed by atoms with Crippen molar-refractivity contribution >= 4 is 17.7 Å². The van der Waals surface area contributed by atoms with Crippen LogP contribution in [0.2, 0.25) is 0 Å². The molecule has 0 saturated heterocycles. The van der Waals surface area contributed by atoms with E-state index in [1.807, 2.05) is 38.1 Å². The second-order valence-corrected chi connectivity index (χ2v) is 6.47. The highest BCUT2D eigenvalue weighted by molar-refractivity contribution is 6.03. The normalized spacial score (nSPS) is 11.1. The van der Waals surface area contributed by atoms with Gasteiger partial charge in [0.2, 0.25) is 5.91 Å². The fourth-order valence-corrected chi connectivity index (χ4v) is 2.96. The fraction of sp³-hybridized carbons (Fsp3) is 0.182. The summed E-state index contributed by atoms with van der Waals surface area (Å²) in [6.07, 6.45) is 2.90. The third-order valence-electron chi connectivity index (χ3n) is 4.23. The van der Waals surface area contributed by atoms with E-state index in [9.17, 15) is 13.6 Å². The molecule has 30 heavy (non-hydrogen) atoms. The second kappa shape index (κ2) is 9.21. The highest BCUT2D eigenvalue weighted by Crippen LogP contribution is 2.30. The number of anilines is 1. The lowest BCUT2D eigenvalue weighted by atomic mass is 10.2. The maximum absolute atomic E-state index is 12.4. The molecule has 0 fully saturated rings. The van der Waals surface area contributed by atoms with Crippen molar-refractivity contribution < 1.29 is 23.0 Å². The zero-order chi connectivity index (χ0) is 21.7. The molecule has 1 amide bonds. The van der Waals surface area contributed by atoms with E-state index in [1.165, 1.54) is 25.3 Å². The highest BCUT2D eigenvalue weighted by atomic mass is 19.3. The third-order valence-corrected chi connectivity index (χ3v) is 4.23. The molecule has 0 spiro atoms. The zero-order valence-corrected chi connectivity index (χ0v) is 16.7. The number of aryl methyl sites for hydroxylation is 2. The van der Waals surface area contributed by atoms with Crippen molar-refractivity contribution in [3.8, 4) is 17.2 Å². The van der Waals surface area contributed by atoms with Crippen molar-refractivity contribution in [1.82, 2.24) is 9.78 Å². The number of halogens is 2. The highest BCUT2D eigenvalue weighted by Gasteiger charge is 2.12. The number of aromatic nitrogens is 2. The van der Waals surface area contributed by atoms with Gasteiger partial charge in [-0.05, 0) is 55.8 Å². The average Bonchev–Trinajstić information content (AvgIpc) is 3.05. The van der Waals surface area contributed by atoms with Gasteiger partial charge >= 0.3 is 6.61 Å². The molecule has 1 N–H and O–H groups in total. The predicted molar refractivity (Wildman–Crippen MR) is 110 cm³/mol. The van der Waals surface area contributed by atoms with Gasteiger partial charge in [-0.25, -0.2) is 4.68 Å². The van der Waals surface area contributed by atoms with Crippen molar-refractivity contribution in [2.75, 3.05) is 12.4 Å². The number of nitrogens with zero attached hydrogens (tertiary/aromatic N) is 2. The number of alkyl halides is 2. The SMILES string of the molecule is COc1cc(/C=C/C(=O)Nc2ccccc2-n2nc(C)cc2C)ccc1OC(F)F. The largest absolute Gasteiger partial charge is 0.493 e. The number of methoxy groups -OCH3 is 1. The summed E-state index contributed by atoms with van der Waals surface area (Å²) in [6, 6.07) is 13.7. The van der Waals surface area contributed by atoms with Crippen LogP contribution in [0.3, 0.4) is 0 Å². The fourth-order valence-electron chi connectivity index (χ4n) is 2.96. The van der Waals surface area contributed by atoms with Gasteiger partial charge in [-0.1, -0.05) is 18.2 Å². The molecule has 0 radical (unpaired) electrons. The molecular weight excluding hydrogens is 392 g/mol. The van der Waals surface area contributed by atoms with E-state index in [1.54, 1.807) is 22.9 Å². The van der Waals surface area contributed by atoms with E-state index in [0.717, 1.165) is 17.1 Å². The molecule has 6 nitrogen and oxygen atoms in total. The molecular formula is C22H21F2N3O3. The van der Waals surface area contributed by atoms with Gasteiger partial charge in [-0.2, -0.15) is 13.9 Å². The molecule has 1 aromatic heterocycles. The number of para-hydroxylation sites is 2. The van der Waals surface area contributed by atoms with Crippen molar-refractivity contribution in [3.63, 3.8) is 0 Å². The van der Waals surface area contributed by atoms with Crippen LogP contribution in [-0.2, 0) is 4.79 Å². The Balaban J connectivity index is 1.77. The number of ether oxygens (including phenoxy) is 2. The predicted octanol–water partition coefficient (Wildman–Crippen LogP) is 4.75. The quantitative estimate of drug-likeness (QED) is 0.568. The van der Waals surface area contributed by atoms with Crippen molar-refractivity contribution in [1.29, 1.82) is 0 Å². The topological polar surface area (TPSA) is 65.4 Å². The van der Waals surface area contributed by atoms with E-state index < -0.39 is 6.61 Å². The Labute approximate surface area is 172 Å². The summed E-state index contributed by atoms with van der Waals surface area (Å²) < 4.78 is 36.1. The second-order valence-electron chi connectivity index (χ2n) is 6.47. The van der Waals surface area contributed by atoms with E-state index in [2.05, 4.69) is 15.2 Å². The number of carbonyl (C=O) groups excluding carboxylic acids is 1. The van der Waals surface area contributed by atoms with Gasteiger partial charge in [0.15, 0.2) is 11.5 Å². The molecule has 0 atom stereocenters. The number of amides is 1. The maximum atomic E-state index is 12.4. The van der Waals surface area contributed by atoms with Gasteiger partial charge in [0.05, 0.1) is 24.2 Å². The number of carbonyl (C=O) groups is 1. The van der Waals surface area contributed by atoms with Crippen molar-refractivity contribution in [2.24, 2.45) is 0 Å². The molecule has 3 aromatic rings.